The number of sulfonamides is 1. The zero-order valence-corrected chi connectivity index (χ0v) is 21.6. The predicted molar refractivity (Wildman–Crippen MR) is 130 cm³/mol. The molecule has 8 nitrogen and oxygen atoms in total. The van der Waals surface area contributed by atoms with E-state index in [1.54, 1.807) is 0 Å². The molecule has 2 aromatic carbocycles. The van der Waals surface area contributed by atoms with Gasteiger partial charge in [-0.05, 0) is 48.0 Å². The number of aromatic nitrogens is 4. The first-order valence-corrected chi connectivity index (χ1v) is 12.8. The molecular formula is C24H16ClF6N5O3S. The van der Waals surface area contributed by atoms with Crippen molar-refractivity contribution in [3.63, 3.8) is 0 Å². The van der Waals surface area contributed by atoms with E-state index in [-0.39, 0.29) is 27.2 Å². The summed E-state index contributed by atoms with van der Waals surface area (Å²) in [4.78, 5) is 16.8. The normalized spacial score (nSPS) is 12.4. The molecule has 40 heavy (non-hydrogen) atoms. The molecular weight excluding hydrogens is 588 g/mol. The Bertz CT molecular complexity index is 1640. The van der Waals surface area contributed by atoms with Crippen LogP contribution in [-0.2, 0) is 28.9 Å². The van der Waals surface area contributed by atoms with Gasteiger partial charge in [-0.15, -0.1) is 5.10 Å². The Hall–Kier alpha value is -3.98. The van der Waals surface area contributed by atoms with Gasteiger partial charge in [0.2, 0.25) is 0 Å². The van der Waals surface area contributed by atoms with E-state index in [1.807, 2.05) is 0 Å². The lowest BCUT2D eigenvalue weighted by atomic mass is 10.0. The van der Waals surface area contributed by atoms with E-state index in [2.05, 4.69) is 15.3 Å². The van der Waals surface area contributed by atoms with Gasteiger partial charge in [0.15, 0.2) is 5.69 Å². The van der Waals surface area contributed by atoms with Crippen LogP contribution in [0.25, 0.3) is 11.3 Å². The van der Waals surface area contributed by atoms with Gasteiger partial charge in [-0.3, -0.25) is 9.78 Å². The number of hydrogen-bond acceptors (Lipinski definition) is 6. The first-order valence-electron chi connectivity index (χ1n) is 11.0. The lowest BCUT2D eigenvalue weighted by Gasteiger charge is -2.18. The van der Waals surface area contributed by atoms with Crippen LogP contribution in [0.3, 0.4) is 0 Å². The predicted octanol–water partition coefficient (Wildman–Crippen LogP) is 5.54. The third kappa shape index (κ3) is 5.79. The van der Waals surface area contributed by atoms with Crippen molar-refractivity contribution >= 4 is 27.5 Å². The average molecular weight is 604 g/mol. The molecule has 2 aromatic heterocycles. The molecule has 0 radical (unpaired) electrons. The number of carbonyl (C=O) groups is 1. The van der Waals surface area contributed by atoms with E-state index in [9.17, 15) is 39.6 Å². The molecule has 4 aromatic rings. The first kappa shape index (κ1) is 29.0. The Balaban J connectivity index is 1.82. The van der Waals surface area contributed by atoms with Crippen molar-refractivity contribution in [3.8, 4) is 11.3 Å². The molecule has 210 valence electrons. The van der Waals surface area contributed by atoms with Gasteiger partial charge in [0.1, 0.15) is 10.6 Å². The zero-order chi connectivity index (χ0) is 29.5. The Kier molecular flexibility index (Phi) is 7.64. The minimum atomic E-state index is -5.08. The molecule has 0 atom stereocenters. The van der Waals surface area contributed by atoms with Gasteiger partial charge >= 0.3 is 12.4 Å². The smallest absolute Gasteiger partial charge is 0.266 e. The van der Waals surface area contributed by atoms with E-state index in [0.717, 1.165) is 11.7 Å². The maximum absolute atomic E-state index is 13.4. The molecule has 0 aliphatic heterocycles. The van der Waals surface area contributed by atoms with Gasteiger partial charge < -0.3 is 0 Å². The quantitative estimate of drug-likeness (QED) is 0.269. The molecule has 0 aliphatic rings. The highest BCUT2D eigenvalue weighted by Crippen LogP contribution is 2.37. The highest BCUT2D eigenvalue weighted by Gasteiger charge is 2.37. The molecule has 1 amide bonds. The fourth-order valence-electron chi connectivity index (χ4n) is 3.71. The number of rotatable bonds is 6. The summed E-state index contributed by atoms with van der Waals surface area (Å²) < 4.78 is 108. The van der Waals surface area contributed by atoms with Crippen molar-refractivity contribution in [1.82, 2.24) is 24.3 Å². The fraction of sp³-hybridized carbons (Fsp3) is 0.167. The van der Waals surface area contributed by atoms with Gasteiger partial charge in [0.25, 0.3) is 15.9 Å². The number of carbonyl (C=O) groups excluding carboxylic acids is 1. The average Bonchev–Trinajstić information content (AvgIpc) is 3.30. The van der Waals surface area contributed by atoms with Crippen molar-refractivity contribution < 1.29 is 39.6 Å². The van der Waals surface area contributed by atoms with E-state index >= 15 is 0 Å². The molecule has 0 spiro atoms. The summed E-state index contributed by atoms with van der Waals surface area (Å²) in [5, 5.41) is 7.34. The molecule has 2 heterocycles. The van der Waals surface area contributed by atoms with Crippen LogP contribution in [0.2, 0.25) is 5.02 Å². The van der Waals surface area contributed by atoms with E-state index in [4.69, 9.17) is 11.6 Å². The van der Waals surface area contributed by atoms with Gasteiger partial charge in [0.05, 0.1) is 22.7 Å². The molecule has 0 unspecified atom stereocenters. The number of nitrogens with zero attached hydrogens (tertiary/aromatic N) is 5. The Morgan fingerprint density at radius 2 is 1.52 bits per heavy atom. The summed E-state index contributed by atoms with van der Waals surface area (Å²) in [6, 6.07) is 9.12. The molecule has 0 N–H and O–H groups in total. The molecule has 16 heteroatoms. The first-order chi connectivity index (χ1) is 18.6. The molecule has 0 fully saturated rings. The Morgan fingerprint density at radius 3 is 2.08 bits per heavy atom. The standard InChI is InChI=1S/C24H16ClF6N5O3S/c1-35(40(38,39)19-5-3-2-4-18(19)25)22(37)20-21(15-6-8-32-9-7-15)36(34-33-20)13-14-10-16(23(26,27)28)12-17(11-14)24(29,30)31/h2-12H,13H2,1H3. The lowest BCUT2D eigenvalue weighted by Crippen LogP contribution is -2.34. The number of amides is 1. The van der Waals surface area contributed by atoms with Crippen LogP contribution in [-0.4, -0.2) is 45.7 Å². The second-order valence-corrected chi connectivity index (χ2v) is 10.6. The van der Waals surface area contributed by atoms with Crippen LogP contribution in [0.15, 0.2) is 71.9 Å². The van der Waals surface area contributed by atoms with Crippen LogP contribution in [0, 0.1) is 0 Å². The maximum atomic E-state index is 13.4. The molecule has 0 saturated carbocycles. The molecule has 4 rings (SSSR count). The summed E-state index contributed by atoms with van der Waals surface area (Å²) in [7, 11) is -3.55. The van der Waals surface area contributed by atoms with Crippen molar-refractivity contribution in [2.75, 3.05) is 7.05 Å². The zero-order valence-electron chi connectivity index (χ0n) is 20.1. The van der Waals surface area contributed by atoms with E-state index in [0.29, 0.717) is 16.4 Å². The summed E-state index contributed by atoms with van der Waals surface area (Å²) in [5.41, 5.74) is -4.03. The summed E-state index contributed by atoms with van der Waals surface area (Å²) in [5.74, 6) is -1.18. The Labute approximate surface area is 227 Å². The van der Waals surface area contributed by atoms with Crippen molar-refractivity contribution in [2.24, 2.45) is 0 Å². The van der Waals surface area contributed by atoms with Crippen LogP contribution >= 0.6 is 11.6 Å². The van der Waals surface area contributed by atoms with Crippen LogP contribution in [0.5, 0.6) is 0 Å². The minimum absolute atomic E-state index is 0.0158. The summed E-state index contributed by atoms with van der Waals surface area (Å²) >= 11 is 6.00. The highest BCUT2D eigenvalue weighted by atomic mass is 35.5. The van der Waals surface area contributed by atoms with Crippen LogP contribution < -0.4 is 0 Å². The monoisotopic (exact) mass is 603 g/mol. The van der Waals surface area contributed by atoms with E-state index < -0.39 is 57.2 Å². The van der Waals surface area contributed by atoms with Crippen molar-refractivity contribution in [1.29, 1.82) is 0 Å². The van der Waals surface area contributed by atoms with Crippen LogP contribution in [0.1, 0.15) is 27.2 Å². The number of benzene rings is 2. The number of halogens is 7. The summed E-state index contributed by atoms with van der Waals surface area (Å²) in [6.07, 6.45) is -7.55. The lowest BCUT2D eigenvalue weighted by molar-refractivity contribution is -0.143. The van der Waals surface area contributed by atoms with E-state index in [1.165, 1.54) is 48.8 Å². The van der Waals surface area contributed by atoms with Crippen molar-refractivity contribution in [2.45, 2.75) is 23.8 Å². The second-order valence-electron chi connectivity index (χ2n) is 8.30. The topological polar surface area (TPSA) is 98.1 Å². The Morgan fingerprint density at radius 1 is 0.950 bits per heavy atom. The van der Waals surface area contributed by atoms with Crippen LogP contribution in [0.4, 0.5) is 26.3 Å². The minimum Gasteiger partial charge on any atom is -0.266 e. The maximum Gasteiger partial charge on any atom is 0.416 e. The molecule has 0 bridgehead atoms. The number of alkyl halides is 6. The third-order valence-corrected chi connectivity index (χ3v) is 7.87. The largest absolute Gasteiger partial charge is 0.416 e. The second kappa shape index (κ2) is 10.5. The summed E-state index contributed by atoms with van der Waals surface area (Å²) in [6.45, 7) is -0.675. The number of hydrogen-bond donors (Lipinski definition) is 0. The highest BCUT2D eigenvalue weighted by molar-refractivity contribution is 7.89. The third-order valence-electron chi connectivity index (χ3n) is 5.63. The fourth-order valence-corrected chi connectivity index (χ4v) is 5.30. The van der Waals surface area contributed by atoms with Gasteiger partial charge in [-0.25, -0.2) is 17.4 Å². The molecule has 0 aliphatic carbocycles. The van der Waals surface area contributed by atoms with Gasteiger partial charge in [-0.2, -0.15) is 26.3 Å². The van der Waals surface area contributed by atoms with Gasteiger partial charge in [0, 0.05) is 25.0 Å². The number of pyridine rings is 1. The van der Waals surface area contributed by atoms with Gasteiger partial charge in [-0.1, -0.05) is 28.9 Å². The van der Waals surface area contributed by atoms with Crippen molar-refractivity contribution in [3.05, 3.63) is 94.4 Å². The molecule has 0 saturated heterocycles. The SMILES string of the molecule is CN(C(=O)c1nnn(Cc2cc(C(F)(F)F)cc(C(F)(F)F)c2)c1-c1ccncc1)S(=O)(=O)c1ccccc1Cl.